The smallest absolute Gasteiger partial charge is 0.236 e. The summed E-state index contributed by atoms with van der Waals surface area (Å²) in [5.41, 5.74) is 1.23. The summed E-state index contributed by atoms with van der Waals surface area (Å²) in [6, 6.07) is 12.3. The minimum absolute atomic E-state index is 0.0188. The van der Waals surface area contributed by atoms with Crippen molar-refractivity contribution in [3.8, 4) is 0 Å². The van der Waals surface area contributed by atoms with E-state index < -0.39 is 0 Å². The van der Waals surface area contributed by atoms with Crippen LogP contribution in [0.4, 0.5) is 5.95 Å². The Labute approximate surface area is 161 Å². The van der Waals surface area contributed by atoms with Crippen LogP contribution < -0.4 is 10.2 Å². The molecule has 2 heterocycles. The van der Waals surface area contributed by atoms with Gasteiger partial charge in [0.1, 0.15) is 0 Å². The molecule has 1 amide bonds. The second kappa shape index (κ2) is 8.48. The average Bonchev–Trinajstić information content (AvgIpc) is 2.68. The molecule has 1 aromatic heterocycles. The number of hydrogen-bond donors (Lipinski definition) is 1. The summed E-state index contributed by atoms with van der Waals surface area (Å²) in [5, 5.41) is 3.49. The lowest BCUT2D eigenvalue weighted by molar-refractivity contribution is -0.130. The van der Waals surface area contributed by atoms with E-state index in [2.05, 4.69) is 53.1 Å². The topological polar surface area (TPSA) is 61.4 Å². The number of anilines is 1. The molecule has 27 heavy (non-hydrogen) atoms. The van der Waals surface area contributed by atoms with E-state index in [1.165, 1.54) is 5.56 Å². The van der Waals surface area contributed by atoms with Crippen molar-refractivity contribution in [3.05, 3.63) is 54.4 Å². The Hall–Kier alpha value is -2.47. The molecule has 1 fully saturated rings. The maximum absolute atomic E-state index is 12.7. The van der Waals surface area contributed by atoms with E-state index in [0.29, 0.717) is 19.6 Å². The van der Waals surface area contributed by atoms with Crippen LogP contribution in [0.1, 0.15) is 32.4 Å². The number of piperazine rings is 1. The molecule has 1 atom stereocenters. The number of nitrogens with one attached hydrogen (secondary N) is 1. The predicted octanol–water partition coefficient (Wildman–Crippen LogP) is 2.50. The molecule has 3 rings (SSSR count). The monoisotopic (exact) mass is 367 g/mol. The van der Waals surface area contributed by atoms with Crippen LogP contribution in [-0.4, -0.2) is 53.5 Å². The van der Waals surface area contributed by atoms with E-state index in [0.717, 1.165) is 19.0 Å². The van der Waals surface area contributed by atoms with E-state index in [9.17, 15) is 4.79 Å². The van der Waals surface area contributed by atoms with Gasteiger partial charge in [0, 0.05) is 44.6 Å². The Balaban J connectivity index is 1.54. The van der Waals surface area contributed by atoms with E-state index >= 15 is 0 Å². The largest absolute Gasteiger partial charge is 0.338 e. The molecule has 0 aliphatic carbocycles. The lowest BCUT2D eigenvalue weighted by atomic mass is 9.82. The van der Waals surface area contributed by atoms with Gasteiger partial charge >= 0.3 is 0 Å². The fourth-order valence-electron chi connectivity index (χ4n) is 3.48. The van der Waals surface area contributed by atoms with Gasteiger partial charge in [-0.15, -0.1) is 0 Å². The molecule has 0 radical (unpaired) electrons. The first-order valence-corrected chi connectivity index (χ1v) is 9.53. The second-order valence-electron chi connectivity index (χ2n) is 8.01. The summed E-state index contributed by atoms with van der Waals surface area (Å²) in [5.74, 6) is 0.883. The van der Waals surface area contributed by atoms with E-state index in [-0.39, 0.29) is 17.4 Å². The lowest BCUT2D eigenvalue weighted by Crippen LogP contribution is -2.51. The molecule has 1 aliphatic rings. The highest BCUT2D eigenvalue weighted by Gasteiger charge is 2.28. The number of benzene rings is 1. The van der Waals surface area contributed by atoms with Crippen molar-refractivity contribution in [2.75, 3.05) is 37.6 Å². The number of carbonyl (C=O) groups is 1. The third-order valence-corrected chi connectivity index (χ3v) is 4.92. The third-order valence-electron chi connectivity index (χ3n) is 4.92. The minimum atomic E-state index is 0.0188. The van der Waals surface area contributed by atoms with Crippen molar-refractivity contribution in [1.29, 1.82) is 0 Å². The number of rotatable bonds is 5. The Morgan fingerprint density at radius 1 is 1.04 bits per heavy atom. The van der Waals surface area contributed by atoms with Gasteiger partial charge in [-0.1, -0.05) is 51.1 Å². The lowest BCUT2D eigenvalue weighted by Gasteiger charge is -2.36. The van der Waals surface area contributed by atoms with Crippen molar-refractivity contribution in [2.45, 2.75) is 26.8 Å². The zero-order valence-corrected chi connectivity index (χ0v) is 16.4. The normalized spacial score (nSPS) is 16.3. The minimum Gasteiger partial charge on any atom is -0.338 e. The second-order valence-corrected chi connectivity index (χ2v) is 8.01. The van der Waals surface area contributed by atoms with Gasteiger partial charge in [-0.25, -0.2) is 9.97 Å². The van der Waals surface area contributed by atoms with Crippen LogP contribution in [0.25, 0.3) is 0 Å². The van der Waals surface area contributed by atoms with Gasteiger partial charge in [0.2, 0.25) is 11.9 Å². The van der Waals surface area contributed by atoms with E-state index in [1.54, 1.807) is 12.4 Å². The Morgan fingerprint density at radius 3 is 2.26 bits per heavy atom. The first-order valence-electron chi connectivity index (χ1n) is 9.53. The molecule has 6 heteroatoms. The van der Waals surface area contributed by atoms with Gasteiger partial charge < -0.3 is 15.1 Å². The van der Waals surface area contributed by atoms with Crippen molar-refractivity contribution in [2.24, 2.45) is 5.41 Å². The summed E-state index contributed by atoms with van der Waals surface area (Å²) in [4.78, 5) is 25.4. The summed E-state index contributed by atoms with van der Waals surface area (Å²) in [7, 11) is 0. The van der Waals surface area contributed by atoms with Gasteiger partial charge in [-0.05, 0) is 17.0 Å². The van der Waals surface area contributed by atoms with E-state index in [4.69, 9.17) is 0 Å². The summed E-state index contributed by atoms with van der Waals surface area (Å²) in [6.45, 7) is 9.85. The fourth-order valence-corrected chi connectivity index (χ4v) is 3.48. The Bertz CT molecular complexity index is 721. The van der Waals surface area contributed by atoms with Crippen LogP contribution >= 0.6 is 0 Å². The standard InChI is InChI=1S/C21H29N5O/c1-21(2,3)19(17-8-5-4-6-9-17)24-16-18(27)25-12-14-26(15-13-25)20-22-10-7-11-23-20/h4-11,19,24H,12-16H2,1-3H3. The van der Waals surface area contributed by atoms with Crippen LogP contribution in [0.2, 0.25) is 0 Å². The molecular weight excluding hydrogens is 338 g/mol. The zero-order chi connectivity index (χ0) is 19.3. The van der Waals surface area contributed by atoms with Crippen LogP contribution in [0.5, 0.6) is 0 Å². The number of nitrogens with zero attached hydrogens (tertiary/aromatic N) is 4. The van der Waals surface area contributed by atoms with Crippen LogP contribution in [0.15, 0.2) is 48.8 Å². The van der Waals surface area contributed by atoms with Crippen molar-refractivity contribution in [3.63, 3.8) is 0 Å². The Morgan fingerprint density at radius 2 is 1.67 bits per heavy atom. The van der Waals surface area contributed by atoms with Gasteiger partial charge in [0.15, 0.2) is 0 Å². The maximum atomic E-state index is 12.7. The molecule has 6 nitrogen and oxygen atoms in total. The summed E-state index contributed by atoms with van der Waals surface area (Å²) in [6.07, 6.45) is 3.50. The quantitative estimate of drug-likeness (QED) is 0.880. The average molecular weight is 367 g/mol. The number of amides is 1. The molecule has 1 aliphatic heterocycles. The Kier molecular flexibility index (Phi) is 6.06. The third kappa shape index (κ3) is 5.04. The summed E-state index contributed by atoms with van der Waals surface area (Å²) >= 11 is 0. The van der Waals surface area contributed by atoms with Crippen LogP contribution in [0.3, 0.4) is 0 Å². The molecule has 1 saturated heterocycles. The molecule has 1 unspecified atom stereocenters. The zero-order valence-electron chi connectivity index (χ0n) is 16.4. The van der Waals surface area contributed by atoms with Crippen LogP contribution in [-0.2, 0) is 4.79 Å². The first kappa shape index (κ1) is 19.3. The van der Waals surface area contributed by atoms with Crippen LogP contribution in [0, 0.1) is 5.41 Å². The number of aromatic nitrogens is 2. The SMILES string of the molecule is CC(C)(C)C(NCC(=O)N1CCN(c2ncccn2)CC1)c1ccccc1. The van der Waals surface area contributed by atoms with Gasteiger partial charge in [0.05, 0.1) is 6.54 Å². The van der Waals surface area contributed by atoms with E-state index in [1.807, 2.05) is 29.2 Å². The molecule has 1 aromatic carbocycles. The molecule has 2 aromatic rings. The molecule has 144 valence electrons. The number of hydrogen-bond acceptors (Lipinski definition) is 5. The van der Waals surface area contributed by atoms with Crippen molar-refractivity contribution in [1.82, 2.24) is 20.2 Å². The van der Waals surface area contributed by atoms with Gasteiger partial charge in [-0.3, -0.25) is 4.79 Å². The highest BCUT2D eigenvalue weighted by atomic mass is 16.2. The predicted molar refractivity (Wildman–Crippen MR) is 107 cm³/mol. The molecule has 1 N–H and O–H groups in total. The number of carbonyl (C=O) groups excluding carboxylic acids is 1. The fraction of sp³-hybridized carbons (Fsp3) is 0.476. The van der Waals surface area contributed by atoms with Gasteiger partial charge in [-0.2, -0.15) is 0 Å². The highest BCUT2D eigenvalue weighted by molar-refractivity contribution is 5.78. The summed E-state index contributed by atoms with van der Waals surface area (Å²) < 4.78 is 0. The molecule has 0 saturated carbocycles. The van der Waals surface area contributed by atoms with Crippen molar-refractivity contribution >= 4 is 11.9 Å². The van der Waals surface area contributed by atoms with Crippen molar-refractivity contribution < 1.29 is 4.79 Å². The molecule has 0 spiro atoms. The molecule has 0 bridgehead atoms. The van der Waals surface area contributed by atoms with Gasteiger partial charge in [0.25, 0.3) is 0 Å². The highest BCUT2D eigenvalue weighted by Crippen LogP contribution is 2.32. The first-order chi connectivity index (χ1) is 12.9. The maximum Gasteiger partial charge on any atom is 0.236 e. The molecular formula is C21H29N5O.